The molecule has 0 N–H and O–H groups in total. The number of allylic oxidation sites excluding steroid dienone is 2. The van der Waals surface area contributed by atoms with E-state index in [1.807, 2.05) is 6.08 Å². The van der Waals surface area contributed by atoms with Crippen LogP contribution in [0.1, 0.15) is 93.8 Å². The molecule has 1 nitrogen and oxygen atoms in total. The molecule has 4 aliphatic rings. The molecule has 0 bridgehead atoms. The number of hydrogen-bond acceptors (Lipinski definition) is 1. The highest BCUT2D eigenvalue weighted by molar-refractivity contribution is 6.99. The van der Waals surface area contributed by atoms with Gasteiger partial charge in [0.2, 0.25) is 0 Å². The van der Waals surface area contributed by atoms with Crippen LogP contribution < -0.4 is 10.4 Å². The van der Waals surface area contributed by atoms with Gasteiger partial charge in [-0.25, -0.2) is 0 Å². The summed E-state index contributed by atoms with van der Waals surface area (Å²) in [6.45, 7) is 16.4. The lowest BCUT2D eigenvalue weighted by Crippen LogP contribution is -2.68. The molecule has 2 heteroatoms. The van der Waals surface area contributed by atoms with Gasteiger partial charge in [-0.05, 0) is 108 Å². The normalized spacial score (nSPS) is 36.9. The Morgan fingerprint density at radius 1 is 0.925 bits per heavy atom. The Morgan fingerprint density at radius 2 is 1.57 bits per heavy atom. The highest BCUT2D eigenvalue weighted by Crippen LogP contribution is 2.66. The van der Waals surface area contributed by atoms with Gasteiger partial charge in [-0.1, -0.05) is 113 Å². The molecular weight excluding hydrogens is 501 g/mol. The molecule has 3 saturated carbocycles. The first-order valence-electron chi connectivity index (χ1n) is 16.7. The predicted octanol–water partition coefficient (Wildman–Crippen LogP) is 9.09. The second-order valence-corrected chi connectivity index (χ2v) is 19.3. The van der Waals surface area contributed by atoms with Crippen LogP contribution in [0.15, 0.2) is 85.0 Å². The molecule has 6 rings (SSSR count). The molecule has 4 aliphatic carbocycles. The summed E-state index contributed by atoms with van der Waals surface area (Å²) in [5.74, 6) is 2.80. The summed E-state index contributed by atoms with van der Waals surface area (Å²) in [5, 5.41) is 2.79. The van der Waals surface area contributed by atoms with Gasteiger partial charge in [-0.2, -0.15) is 0 Å². The van der Waals surface area contributed by atoms with Crippen LogP contribution in [0.5, 0.6) is 0 Å². The Kier molecular flexibility index (Phi) is 7.03. The van der Waals surface area contributed by atoms with Gasteiger partial charge in [0.15, 0.2) is 0 Å². The highest BCUT2D eigenvalue weighted by atomic mass is 28.4. The van der Waals surface area contributed by atoms with Crippen molar-refractivity contribution in [2.45, 2.75) is 104 Å². The predicted molar refractivity (Wildman–Crippen MR) is 173 cm³/mol. The van der Waals surface area contributed by atoms with Crippen LogP contribution in [0, 0.1) is 34.5 Å². The molecule has 40 heavy (non-hydrogen) atoms. The molecule has 0 amide bonds. The van der Waals surface area contributed by atoms with Crippen LogP contribution in [0.4, 0.5) is 0 Å². The maximum atomic E-state index is 8.70. The van der Waals surface area contributed by atoms with E-state index in [1.165, 1.54) is 48.9 Å². The summed E-state index contributed by atoms with van der Waals surface area (Å²) < 4.78 is 16.4. The molecule has 2 aromatic carbocycles. The molecule has 2 aromatic rings. The van der Waals surface area contributed by atoms with Crippen LogP contribution in [0.3, 0.4) is 0 Å². The monoisotopic (exact) mass is 553 g/mol. The standard InChI is InChI=1S/C38H52OSi/c1-7-14-28-20-22-34-33-21-19-29-27-30(23-25-38(29,6)35(33)24-26-37(28,34)5)39-40(36(2,3)4,31-15-10-8-11-16-31)32-17-12-9-13-18-32/h7-13,15-19,28,30,33-35H,1,14,20-27H2,2-6H3/t28-,30-,33-,34-,35-,37+,38-/m0/s1/i14D/t14?,28-,30-,33-,34-,35-,37+,38-. The molecule has 214 valence electrons. The summed E-state index contributed by atoms with van der Waals surface area (Å²) >= 11 is 0. The lowest BCUT2D eigenvalue weighted by Gasteiger charge is -2.58. The van der Waals surface area contributed by atoms with E-state index in [2.05, 4.69) is 108 Å². The fourth-order valence-electron chi connectivity index (χ4n) is 10.2. The van der Waals surface area contributed by atoms with E-state index in [4.69, 9.17) is 5.80 Å². The number of hydrogen-bond donors (Lipinski definition) is 0. The maximum Gasteiger partial charge on any atom is 0.261 e. The molecule has 0 aliphatic heterocycles. The van der Waals surface area contributed by atoms with Crippen molar-refractivity contribution >= 4 is 18.7 Å². The molecular formula is C38H52OSi. The average Bonchev–Trinajstić information content (AvgIpc) is 3.33. The fraction of sp³-hybridized carbons (Fsp3) is 0.579. The maximum absolute atomic E-state index is 8.70. The molecule has 0 aromatic heterocycles. The minimum atomic E-state index is -2.55. The van der Waals surface area contributed by atoms with Crippen molar-refractivity contribution in [3.05, 3.63) is 85.0 Å². The van der Waals surface area contributed by atoms with Gasteiger partial charge in [0.25, 0.3) is 8.32 Å². The first-order chi connectivity index (χ1) is 19.5. The van der Waals surface area contributed by atoms with Gasteiger partial charge in [0.05, 0.1) is 0 Å². The van der Waals surface area contributed by atoms with E-state index in [-0.39, 0.29) is 17.5 Å². The Balaban J connectivity index is 1.30. The van der Waals surface area contributed by atoms with Crippen LogP contribution in [0.25, 0.3) is 0 Å². The minimum absolute atomic E-state index is 0.0104. The van der Waals surface area contributed by atoms with Gasteiger partial charge in [0, 0.05) is 7.47 Å². The van der Waals surface area contributed by atoms with Gasteiger partial charge < -0.3 is 4.43 Å². The molecule has 8 atom stereocenters. The molecule has 0 radical (unpaired) electrons. The lowest BCUT2D eigenvalue weighted by atomic mass is 9.47. The second kappa shape index (κ2) is 10.4. The molecule has 0 saturated heterocycles. The quantitative estimate of drug-likeness (QED) is 0.256. The van der Waals surface area contributed by atoms with E-state index >= 15 is 0 Å². The van der Waals surface area contributed by atoms with Crippen molar-refractivity contribution in [1.29, 1.82) is 0 Å². The van der Waals surface area contributed by atoms with E-state index in [9.17, 15) is 0 Å². The zero-order valence-corrected chi connectivity index (χ0v) is 26.7. The smallest absolute Gasteiger partial charge is 0.261 e. The topological polar surface area (TPSA) is 9.23 Å². The molecule has 0 spiro atoms. The minimum Gasteiger partial charge on any atom is -0.404 e. The number of benzene rings is 2. The van der Waals surface area contributed by atoms with Crippen LogP contribution in [0.2, 0.25) is 5.04 Å². The van der Waals surface area contributed by atoms with E-state index in [0.717, 1.165) is 30.6 Å². The van der Waals surface area contributed by atoms with Crippen LogP contribution in [-0.4, -0.2) is 14.4 Å². The van der Waals surface area contributed by atoms with Crippen molar-refractivity contribution in [2.75, 3.05) is 0 Å². The zero-order chi connectivity index (χ0) is 29.0. The summed E-state index contributed by atoms with van der Waals surface area (Å²) in [4.78, 5) is 0. The van der Waals surface area contributed by atoms with Gasteiger partial charge >= 0.3 is 0 Å². The molecule has 0 heterocycles. The van der Waals surface area contributed by atoms with Gasteiger partial charge in [-0.3, -0.25) is 0 Å². The zero-order valence-electron chi connectivity index (χ0n) is 26.7. The van der Waals surface area contributed by atoms with E-state index in [0.29, 0.717) is 16.7 Å². The molecule has 1 unspecified atom stereocenters. The third-order valence-corrected chi connectivity index (χ3v) is 17.4. The van der Waals surface area contributed by atoms with Crippen molar-refractivity contribution in [3.8, 4) is 0 Å². The van der Waals surface area contributed by atoms with Gasteiger partial charge in [-0.15, -0.1) is 6.58 Å². The third kappa shape index (κ3) is 4.35. The second-order valence-electron chi connectivity index (χ2n) is 15.1. The molecule has 3 fully saturated rings. The van der Waals surface area contributed by atoms with Crippen LogP contribution in [-0.2, 0) is 4.43 Å². The Morgan fingerprint density at radius 3 is 2.17 bits per heavy atom. The Hall–Kier alpha value is -1.90. The highest BCUT2D eigenvalue weighted by Gasteiger charge is 2.59. The van der Waals surface area contributed by atoms with Gasteiger partial charge in [0.1, 0.15) is 0 Å². The van der Waals surface area contributed by atoms with Crippen molar-refractivity contribution < 1.29 is 5.80 Å². The summed E-state index contributed by atoms with van der Waals surface area (Å²) in [6, 6.07) is 22.3. The van der Waals surface area contributed by atoms with Crippen molar-refractivity contribution in [2.24, 2.45) is 34.5 Å². The van der Waals surface area contributed by atoms with Crippen molar-refractivity contribution in [1.82, 2.24) is 0 Å². The van der Waals surface area contributed by atoms with E-state index in [1.54, 1.807) is 5.57 Å². The summed E-state index contributed by atoms with van der Waals surface area (Å²) in [5.41, 5.74) is 2.30. The van der Waals surface area contributed by atoms with E-state index < -0.39 is 8.32 Å². The van der Waals surface area contributed by atoms with Crippen molar-refractivity contribution in [3.63, 3.8) is 0 Å². The Bertz CT molecular complexity index is 1220. The number of rotatable bonds is 6. The first-order valence-corrected chi connectivity index (χ1v) is 18.0. The SMILES string of the molecule is [2H]C(C=C)[C@H]1CC[C@H]2[C@@H]3CC=C4C[C@@H](O[Si](c5ccccc5)(c5ccccc5)C(C)(C)C)CC[C@]4(C)[C@H]3CC[C@]12C. The van der Waals surface area contributed by atoms with Crippen LogP contribution >= 0.6 is 0 Å². The Labute approximate surface area is 247 Å². The number of fused-ring (bicyclic) bond motifs is 5. The largest absolute Gasteiger partial charge is 0.404 e. The summed E-state index contributed by atoms with van der Waals surface area (Å²) in [7, 11) is -2.55. The fourth-order valence-corrected chi connectivity index (χ4v) is 14.9. The average molecular weight is 554 g/mol. The summed E-state index contributed by atoms with van der Waals surface area (Å²) in [6.07, 6.45) is 14.6. The third-order valence-electron chi connectivity index (χ3n) is 12.3. The lowest BCUT2D eigenvalue weighted by molar-refractivity contribution is -0.0481. The first kappa shape index (κ1) is 27.0.